The van der Waals surface area contributed by atoms with Crippen LogP contribution >= 0.6 is 11.6 Å². The van der Waals surface area contributed by atoms with Crippen LogP contribution in [0.5, 0.6) is 5.75 Å². The number of carbonyl (C=O) groups excluding carboxylic acids is 2. The first-order valence-corrected chi connectivity index (χ1v) is 7.04. The lowest BCUT2D eigenvalue weighted by atomic mass is 10.1. The minimum atomic E-state index is -0.0951. The van der Waals surface area contributed by atoms with E-state index in [2.05, 4.69) is 0 Å². The van der Waals surface area contributed by atoms with E-state index in [0.717, 1.165) is 12.8 Å². The van der Waals surface area contributed by atoms with E-state index in [1.807, 2.05) is 0 Å². The molecule has 20 heavy (non-hydrogen) atoms. The Labute approximate surface area is 123 Å². The third kappa shape index (κ3) is 3.12. The second-order valence-corrected chi connectivity index (χ2v) is 5.48. The predicted molar refractivity (Wildman–Crippen MR) is 77.4 cm³/mol. The van der Waals surface area contributed by atoms with E-state index in [1.165, 1.54) is 7.11 Å². The van der Waals surface area contributed by atoms with Gasteiger partial charge in [0.1, 0.15) is 11.5 Å². The molecule has 1 aliphatic rings. The number of amides is 1. The third-order valence-corrected chi connectivity index (χ3v) is 3.79. The van der Waals surface area contributed by atoms with E-state index >= 15 is 0 Å². The lowest BCUT2D eigenvalue weighted by molar-refractivity contribution is -0.117. The molecule has 1 unspecified atom stereocenters. The van der Waals surface area contributed by atoms with E-state index in [0.29, 0.717) is 29.3 Å². The van der Waals surface area contributed by atoms with Crippen LogP contribution < -0.4 is 4.74 Å². The van der Waals surface area contributed by atoms with Gasteiger partial charge in [0.05, 0.1) is 12.7 Å². The highest BCUT2D eigenvalue weighted by Crippen LogP contribution is 2.28. The van der Waals surface area contributed by atoms with Crippen LogP contribution in [0.15, 0.2) is 18.2 Å². The minimum absolute atomic E-state index is 0.000356. The van der Waals surface area contributed by atoms with Gasteiger partial charge in [0.25, 0.3) is 5.91 Å². The number of carbonyl (C=O) groups is 2. The van der Waals surface area contributed by atoms with Crippen molar-refractivity contribution in [2.75, 3.05) is 13.7 Å². The molecule has 0 N–H and O–H groups in total. The van der Waals surface area contributed by atoms with E-state index in [-0.39, 0.29) is 17.7 Å². The standard InChI is InChI=1S/C15H18ClNO3/c1-10(18)8-12-4-3-7-17(12)15(19)13-6-5-11(16)9-14(13)20-2/h5-6,9,12H,3-4,7-8H2,1-2H3. The van der Waals surface area contributed by atoms with Crippen molar-refractivity contribution in [2.45, 2.75) is 32.2 Å². The quantitative estimate of drug-likeness (QED) is 0.858. The van der Waals surface area contributed by atoms with Gasteiger partial charge < -0.3 is 9.64 Å². The van der Waals surface area contributed by atoms with Gasteiger partial charge in [-0.2, -0.15) is 0 Å². The summed E-state index contributed by atoms with van der Waals surface area (Å²) in [6.45, 7) is 2.24. The van der Waals surface area contributed by atoms with Crippen LogP contribution in [0.2, 0.25) is 5.02 Å². The fourth-order valence-electron chi connectivity index (χ4n) is 2.64. The van der Waals surface area contributed by atoms with Crippen LogP contribution in [0.3, 0.4) is 0 Å². The smallest absolute Gasteiger partial charge is 0.257 e. The zero-order valence-electron chi connectivity index (χ0n) is 11.7. The highest BCUT2D eigenvalue weighted by atomic mass is 35.5. The van der Waals surface area contributed by atoms with Crippen molar-refractivity contribution in [3.05, 3.63) is 28.8 Å². The molecule has 4 nitrogen and oxygen atoms in total. The molecule has 0 aliphatic carbocycles. The van der Waals surface area contributed by atoms with Gasteiger partial charge in [0.2, 0.25) is 0 Å². The van der Waals surface area contributed by atoms with Crippen LogP contribution in [0.25, 0.3) is 0 Å². The zero-order chi connectivity index (χ0) is 14.7. The minimum Gasteiger partial charge on any atom is -0.496 e. The van der Waals surface area contributed by atoms with Gasteiger partial charge in [0, 0.05) is 24.0 Å². The van der Waals surface area contributed by atoms with Crippen molar-refractivity contribution in [1.82, 2.24) is 4.90 Å². The summed E-state index contributed by atoms with van der Waals surface area (Å²) in [5.74, 6) is 0.482. The molecule has 0 bridgehead atoms. The number of Topliss-reactive ketones (excluding diaryl/α,β-unsaturated/α-hetero) is 1. The van der Waals surface area contributed by atoms with Crippen molar-refractivity contribution >= 4 is 23.3 Å². The summed E-state index contributed by atoms with van der Waals surface area (Å²) in [4.78, 5) is 25.7. The van der Waals surface area contributed by atoms with Gasteiger partial charge in [-0.25, -0.2) is 0 Å². The molecular weight excluding hydrogens is 278 g/mol. The maximum absolute atomic E-state index is 12.6. The Balaban J connectivity index is 2.24. The fraction of sp³-hybridized carbons (Fsp3) is 0.467. The molecule has 1 heterocycles. The Morgan fingerprint density at radius 1 is 1.45 bits per heavy atom. The van der Waals surface area contributed by atoms with Crippen molar-refractivity contribution in [3.8, 4) is 5.75 Å². The molecule has 1 atom stereocenters. The van der Waals surface area contributed by atoms with E-state index in [9.17, 15) is 9.59 Å². The normalized spacial score (nSPS) is 18.1. The maximum atomic E-state index is 12.6. The molecule has 1 saturated heterocycles. The van der Waals surface area contributed by atoms with Crippen LogP contribution in [0, 0.1) is 0 Å². The van der Waals surface area contributed by atoms with Crippen LogP contribution in [0.1, 0.15) is 36.5 Å². The molecule has 1 aliphatic heterocycles. The number of nitrogens with zero attached hydrogens (tertiary/aromatic N) is 1. The molecule has 108 valence electrons. The summed E-state index contributed by atoms with van der Waals surface area (Å²) in [6, 6.07) is 4.98. The Bertz CT molecular complexity index is 530. The molecule has 5 heteroatoms. The SMILES string of the molecule is COc1cc(Cl)ccc1C(=O)N1CCCC1CC(C)=O. The van der Waals surface area contributed by atoms with Crippen LogP contribution in [-0.4, -0.2) is 36.3 Å². The van der Waals surface area contributed by atoms with Crippen molar-refractivity contribution in [2.24, 2.45) is 0 Å². The van der Waals surface area contributed by atoms with E-state index in [1.54, 1.807) is 30.0 Å². The number of benzene rings is 1. The van der Waals surface area contributed by atoms with Gasteiger partial charge >= 0.3 is 0 Å². The molecule has 1 amide bonds. The van der Waals surface area contributed by atoms with E-state index in [4.69, 9.17) is 16.3 Å². The van der Waals surface area contributed by atoms with Crippen LogP contribution in [0.4, 0.5) is 0 Å². The average Bonchev–Trinajstić information content (AvgIpc) is 2.85. The highest BCUT2D eigenvalue weighted by molar-refractivity contribution is 6.30. The molecule has 0 radical (unpaired) electrons. The Kier molecular flexibility index (Phi) is 4.65. The van der Waals surface area contributed by atoms with Crippen molar-refractivity contribution < 1.29 is 14.3 Å². The number of rotatable bonds is 4. The lowest BCUT2D eigenvalue weighted by Gasteiger charge is -2.24. The van der Waals surface area contributed by atoms with Gasteiger partial charge in [-0.05, 0) is 38.0 Å². The van der Waals surface area contributed by atoms with Crippen molar-refractivity contribution in [3.63, 3.8) is 0 Å². The molecule has 1 aromatic rings. The zero-order valence-corrected chi connectivity index (χ0v) is 12.4. The Morgan fingerprint density at radius 2 is 2.20 bits per heavy atom. The monoisotopic (exact) mass is 295 g/mol. The number of hydrogen-bond acceptors (Lipinski definition) is 3. The second-order valence-electron chi connectivity index (χ2n) is 5.05. The number of ether oxygens (including phenoxy) is 1. The van der Waals surface area contributed by atoms with Gasteiger partial charge in [-0.1, -0.05) is 11.6 Å². The summed E-state index contributed by atoms with van der Waals surface area (Å²) in [5, 5.41) is 0.528. The topological polar surface area (TPSA) is 46.6 Å². The molecular formula is C15H18ClNO3. The molecule has 2 rings (SSSR count). The average molecular weight is 296 g/mol. The number of halogens is 1. The summed E-state index contributed by atoms with van der Waals surface area (Å²) in [5.41, 5.74) is 0.493. The summed E-state index contributed by atoms with van der Waals surface area (Å²) >= 11 is 5.91. The largest absolute Gasteiger partial charge is 0.496 e. The first-order chi connectivity index (χ1) is 9.52. The Morgan fingerprint density at radius 3 is 2.85 bits per heavy atom. The lowest BCUT2D eigenvalue weighted by Crippen LogP contribution is -2.36. The summed E-state index contributed by atoms with van der Waals surface area (Å²) in [7, 11) is 1.51. The molecule has 0 aromatic heterocycles. The van der Waals surface area contributed by atoms with Gasteiger partial charge in [0.15, 0.2) is 0 Å². The molecule has 0 saturated carbocycles. The molecule has 0 spiro atoms. The van der Waals surface area contributed by atoms with Crippen molar-refractivity contribution in [1.29, 1.82) is 0 Å². The number of likely N-dealkylation sites (tertiary alicyclic amines) is 1. The number of hydrogen-bond donors (Lipinski definition) is 0. The van der Waals surface area contributed by atoms with E-state index < -0.39 is 0 Å². The van der Waals surface area contributed by atoms with Gasteiger partial charge in [-0.3, -0.25) is 9.59 Å². The maximum Gasteiger partial charge on any atom is 0.257 e. The highest BCUT2D eigenvalue weighted by Gasteiger charge is 2.31. The fourth-order valence-corrected chi connectivity index (χ4v) is 2.81. The number of methoxy groups -OCH3 is 1. The summed E-state index contributed by atoms with van der Waals surface area (Å²) < 4.78 is 5.22. The summed E-state index contributed by atoms with van der Waals surface area (Å²) in [6.07, 6.45) is 2.22. The number of ketones is 1. The second kappa shape index (κ2) is 6.27. The molecule has 1 aromatic carbocycles. The third-order valence-electron chi connectivity index (χ3n) is 3.56. The van der Waals surface area contributed by atoms with Gasteiger partial charge in [-0.15, -0.1) is 0 Å². The first kappa shape index (κ1) is 14.9. The molecule has 1 fully saturated rings. The Hall–Kier alpha value is -1.55. The van der Waals surface area contributed by atoms with Crippen LogP contribution in [-0.2, 0) is 4.79 Å². The predicted octanol–water partition coefficient (Wildman–Crippen LogP) is 2.93. The first-order valence-electron chi connectivity index (χ1n) is 6.67.